The monoisotopic (exact) mass is 653 g/mol. The molecule has 1 aliphatic rings. The molecule has 0 radical (unpaired) electrons. The third-order valence-corrected chi connectivity index (χ3v) is 9.94. The topological polar surface area (TPSA) is 49.9 Å². The van der Waals surface area contributed by atoms with Crippen molar-refractivity contribution in [1.29, 1.82) is 0 Å². The summed E-state index contributed by atoms with van der Waals surface area (Å²) >= 11 is 0. The number of aliphatic imine (C=N–C) groups is 2. The molecule has 0 bridgehead atoms. The van der Waals surface area contributed by atoms with Crippen molar-refractivity contribution in [2.24, 2.45) is 9.98 Å². The molecule has 1 atom stereocenters. The van der Waals surface area contributed by atoms with Crippen LogP contribution in [0.15, 0.2) is 190 Å². The number of nitrogens with zero attached hydrogens (tertiary/aromatic N) is 2. The Morgan fingerprint density at radius 1 is 0.412 bits per heavy atom. The van der Waals surface area contributed by atoms with Crippen LogP contribution in [0.5, 0.6) is 0 Å². The number of nitrogens with one attached hydrogen (secondary N) is 1. The Morgan fingerprint density at radius 2 is 1.00 bits per heavy atom. The van der Waals surface area contributed by atoms with Gasteiger partial charge in [0, 0.05) is 27.5 Å². The van der Waals surface area contributed by atoms with E-state index in [9.17, 15) is 0 Å². The Balaban J connectivity index is 1.23. The molecule has 1 aromatic heterocycles. The van der Waals surface area contributed by atoms with Gasteiger partial charge < -0.3 is 9.73 Å². The highest BCUT2D eigenvalue weighted by atomic mass is 16.3. The third kappa shape index (κ3) is 5.00. The van der Waals surface area contributed by atoms with Gasteiger partial charge in [-0.25, -0.2) is 9.98 Å². The summed E-state index contributed by atoms with van der Waals surface area (Å²) in [6, 6.07) is 61.6. The molecule has 1 N–H and O–H groups in total. The fourth-order valence-electron chi connectivity index (χ4n) is 7.57. The standard InChI is InChI=1S/C47H31N3O/c1-3-14-30(15-4-1)36-26-27-39(38-22-10-9-21-37(36)38)46-48-45(32-17-5-2-6-18-32)49-47(50-46)41-28-33(35-24-13-19-31-16-7-8-20-34(31)35)29-43-44(41)40-23-11-12-25-42(40)51-43/h1-29,47H,(H,48,49,50). The number of amidine groups is 2. The van der Waals surface area contributed by atoms with Crippen LogP contribution in [0.2, 0.25) is 0 Å². The average Bonchev–Trinajstić information content (AvgIpc) is 3.59. The van der Waals surface area contributed by atoms with Gasteiger partial charge in [0.05, 0.1) is 0 Å². The second kappa shape index (κ2) is 12.0. The fraction of sp³-hybridized carbons (Fsp3) is 0.0213. The highest BCUT2D eigenvalue weighted by molar-refractivity contribution is 6.21. The Hall–Kier alpha value is -6.78. The molecular weight excluding hydrogens is 623 g/mol. The minimum atomic E-state index is -0.539. The predicted molar refractivity (Wildman–Crippen MR) is 211 cm³/mol. The maximum Gasteiger partial charge on any atom is 0.170 e. The fourth-order valence-corrected chi connectivity index (χ4v) is 7.57. The van der Waals surface area contributed by atoms with Crippen LogP contribution in [0.3, 0.4) is 0 Å². The first-order valence-corrected chi connectivity index (χ1v) is 17.3. The van der Waals surface area contributed by atoms with E-state index in [0.29, 0.717) is 0 Å². The minimum absolute atomic E-state index is 0.539. The molecule has 10 rings (SSSR count). The first-order valence-electron chi connectivity index (χ1n) is 17.3. The van der Waals surface area contributed by atoms with Gasteiger partial charge in [-0.3, -0.25) is 0 Å². The smallest absolute Gasteiger partial charge is 0.170 e. The molecule has 0 spiro atoms. The molecule has 1 aliphatic heterocycles. The molecular formula is C47H31N3O. The summed E-state index contributed by atoms with van der Waals surface area (Å²) in [5.74, 6) is 1.56. The Labute approximate surface area is 295 Å². The molecule has 1 unspecified atom stereocenters. The van der Waals surface area contributed by atoms with Gasteiger partial charge in [0.15, 0.2) is 6.17 Å². The number of hydrogen-bond acceptors (Lipinski definition) is 4. The molecule has 8 aromatic carbocycles. The van der Waals surface area contributed by atoms with E-state index < -0.39 is 6.17 Å². The predicted octanol–water partition coefficient (Wildman–Crippen LogP) is 11.7. The number of rotatable bonds is 5. The van der Waals surface area contributed by atoms with Gasteiger partial charge in [0.1, 0.15) is 22.8 Å². The van der Waals surface area contributed by atoms with E-state index in [1.165, 1.54) is 27.3 Å². The summed E-state index contributed by atoms with van der Waals surface area (Å²) in [5.41, 5.74) is 9.27. The molecule has 51 heavy (non-hydrogen) atoms. The van der Waals surface area contributed by atoms with E-state index in [1.807, 2.05) is 30.3 Å². The van der Waals surface area contributed by atoms with E-state index in [2.05, 4.69) is 151 Å². The molecule has 0 saturated heterocycles. The van der Waals surface area contributed by atoms with Crippen molar-refractivity contribution in [3.8, 4) is 22.3 Å². The quantitative estimate of drug-likeness (QED) is 0.201. The molecule has 9 aromatic rings. The van der Waals surface area contributed by atoms with Crippen molar-refractivity contribution in [2.45, 2.75) is 6.17 Å². The second-order valence-corrected chi connectivity index (χ2v) is 13.0. The lowest BCUT2D eigenvalue weighted by atomic mass is 9.93. The van der Waals surface area contributed by atoms with Gasteiger partial charge in [0.25, 0.3) is 0 Å². The summed E-state index contributed by atoms with van der Waals surface area (Å²) in [7, 11) is 0. The van der Waals surface area contributed by atoms with Crippen molar-refractivity contribution in [3.63, 3.8) is 0 Å². The molecule has 0 saturated carbocycles. The van der Waals surface area contributed by atoms with Crippen molar-refractivity contribution < 1.29 is 4.42 Å². The first-order chi connectivity index (χ1) is 25.3. The number of hydrogen-bond donors (Lipinski definition) is 1. The van der Waals surface area contributed by atoms with Gasteiger partial charge in [-0.15, -0.1) is 0 Å². The number of para-hydroxylation sites is 1. The van der Waals surface area contributed by atoms with Gasteiger partial charge in [0.2, 0.25) is 0 Å². The van der Waals surface area contributed by atoms with Crippen LogP contribution in [0.25, 0.3) is 65.7 Å². The van der Waals surface area contributed by atoms with Crippen LogP contribution in [-0.2, 0) is 0 Å². The van der Waals surface area contributed by atoms with E-state index in [0.717, 1.165) is 66.8 Å². The van der Waals surface area contributed by atoms with E-state index in [1.54, 1.807) is 0 Å². The summed E-state index contributed by atoms with van der Waals surface area (Å²) in [6.07, 6.45) is -0.539. The Bertz CT molecular complexity index is 2830. The molecule has 2 heterocycles. The van der Waals surface area contributed by atoms with Gasteiger partial charge >= 0.3 is 0 Å². The van der Waals surface area contributed by atoms with Crippen LogP contribution in [0.1, 0.15) is 22.9 Å². The number of fused-ring (bicyclic) bond motifs is 5. The van der Waals surface area contributed by atoms with Crippen molar-refractivity contribution in [3.05, 3.63) is 193 Å². The van der Waals surface area contributed by atoms with Crippen molar-refractivity contribution in [1.82, 2.24) is 5.32 Å². The highest BCUT2D eigenvalue weighted by Gasteiger charge is 2.26. The van der Waals surface area contributed by atoms with Crippen LogP contribution in [0.4, 0.5) is 0 Å². The lowest BCUT2D eigenvalue weighted by molar-refractivity contribution is 0.668. The van der Waals surface area contributed by atoms with Crippen molar-refractivity contribution in [2.75, 3.05) is 0 Å². The third-order valence-electron chi connectivity index (χ3n) is 9.94. The molecule has 0 fully saturated rings. The molecule has 4 heteroatoms. The Morgan fingerprint density at radius 3 is 1.80 bits per heavy atom. The summed E-state index contributed by atoms with van der Waals surface area (Å²) in [5, 5.41) is 10.4. The van der Waals surface area contributed by atoms with Crippen LogP contribution in [-0.4, -0.2) is 11.7 Å². The summed E-state index contributed by atoms with van der Waals surface area (Å²) in [4.78, 5) is 10.8. The zero-order chi connectivity index (χ0) is 33.7. The largest absolute Gasteiger partial charge is 0.456 e. The van der Waals surface area contributed by atoms with Gasteiger partial charge in [-0.05, 0) is 62.0 Å². The average molecular weight is 654 g/mol. The maximum atomic E-state index is 6.58. The van der Waals surface area contributed by atoms with Crippen molar-refractivity contribution >= 4 is 55.2 Å². The second-order valence-electron chi connectivity index (χ2n) is 13.0. The molecule has 240 valence electrons. The maximum absolute atomic E-state index is 6.58. The summed E-state index contributed by atoms with van der Waals surface area (Å²) < 4.78 is 6.58. The van der Waals surface area contributed by atoms with E-state index >= 15 is 0 Å². The van der Waals surface area contributed by atoms with Crippen LogP contribution >= 0.6 is 0 Å². The van der Waals surface area contributed by atoms with Crippen LogP contribution in [0, 0.1) is 0 Å². The zero-order valence-electron chi connectivity index (χ0n) is 27.6. The van der Waals surface area contributed by atoms with E-state index in [4.69, 9.17) is 14.4 Å². The lowest BCUT2D eigenvalue weighted by Crippen LogP contribution is -2.36. The van der Waals surface area contributed by atoms with Crippen LogP contribution < -0.4 is 5.32 Å². The zero-order valence-corrected chi connectivity index (χ0v) is 27.6. The lowest BCUT2D eigenvalue weighted by Gasteiger charge is -2.24. The van der Waals surface area contributed by atoms with Gasteiger partial charge in [-0.1, -0.05) is 158 Å². The number of furan rings is 1. The molecule has 4 nitrogen and oxygen atoms in total. The molecule has 0 aliphatic carbocycles. The summed E-state index contributed by atoms with van der Waals surface area (Å²) in [6.45, 7) is 0. The number of benzene rings is 8. The first kappa shape index (κ1) is 29.2. The minimum Gasteiger partial charge on any atom is -0.456 e. The SMILES string of the molecule is c1ccc(C2=NC(c3cc(-c4cccc5ccccc45)cc4oc5ccccc5c34)N=C(c3ccc(-c4ccccc4)c4ccccc34)N2)cc1. The normalized spacial score (nSPS) is 14.5. The highest BCUT2D eigenvalue weighted by Crippen LogP contribution is 2.42. The van der Waals surface area contributed by atoms with Gasteiger partial charge in [-0.2, -0.15) is 0 Å². The van der Waals surface area contributed by atoms with E-state index in [-0.39, 0.29) is 0 Å². The molecule has 0 amide bonds. The Kier molecular flexibility index (Phi) is 6.85.